The molecule has 0 aliphatic carbocycles. The third-order valence-corrected chi connectivity index (χ3v) is 3.70. The first kappa shape index (κ1) is 15.8. The number of rotatable bonds is 5. The maximum absolute atomic E-state index is 12.6. The van der Waals surface area contributed by atoms with Crippen LogP contribution in [0.15, 0.2) is 47.1 Å². The van der Waals surface area contributed by atoms with Crippen molar-refractivity contribution in [3.63, 3.8) is 0 Å². The number of hydrogen-bond acceptors (Lipinski definition) is 5. The van der Waals surface area contributed by atoms with Gasteiger partial charge in [0.1, 0.15) is 17.5 Å². The molecule has 24 heavy (non-hydrogen) atoms. The number of aryl methyl sites for hydroxylation is 2. The Hall–Kier alpha value is -3.09. The Labute approximate surface area is 139 Å². The minimum Gasteiger partial charge on any atom is -0.496 e. The van der Waals surface area contributed by atoms with Crippen molar-refractivity contribution in [2.75, 3.05) is 7.11 Å². The molecular formula is C17H18N4O3. The second kappa shape index (κ2) is 6.57. The third kappa shape index (κ3) is 3.01. The second-order valence-corrected chi connectivity index (χ2v) is 5.32. The van der Waals surface area contributed by atoms with Gasteiger partial charge in [0, 0.05) is 25.7 Å². The van der Waals surface area contributed by atoms with Gasteiger partial charge in [0.15, 0.2) is 5.82 Å². The van der Waals surface area contributed by atoms with Crippen molar-refractivity contribution in [3.8, 4) is 5.75 Å². The molecule has 1 N–H and O–H groups in total. The zero-order valence-electron chi connectivity index (χ0n) is 13.7. The average molecular weight is 326 g/mol. The Morgan fingerprint density at radius 3 is 2.71 bits per heavy atom. The van der Waals surface area contributed by atoms with Crippen LogP contribution >= 0.6 is 0 Å². The van der Waals surface area contributed by atoms with Crippen LogP contribution in [0.5, 0.6) is 5.75 Å². The largest absolute Gasteiger partial charge is 0.496 e. The van der Waals surface area contributed by atoms with E-state index >= 15 is 0 Å². The number of amides is 1. The van der Waals surface area contributed by atoms with Crippen LogP contribution in [-0.2, 0) is 7.05 Å². The van der Waals surface area contributed by atoms with Crippen LogP contribution in [0, 0.1) is 6.92 Å². The summed E-state index contributed by atoms with van der Waals surface area (Å²) in [6, 6.07) is 10.4. The van der Waals surface area contributed by atoms with E-state index < -0.39 is 6.04 Å². The number of benzene rings is 1. The van der Waals surface area contributed by atoms with Gasteiger partial charge in [-0.1, -0.05) is 23.4 Å². The Kier molecular flexibility index (Phi) is 4.33. The lowest BCUT2D eigenvalue weighted by Crippen LogP contribution is -2.31. The van der Waals surface area contributed by atoms with Gasteiger partial charge in [-0.2, -0.15) is 4.98 Å². The monoisotopic (exact) mass is 326 g/mol. The normalized spacial score (nSPS) is 12.0. The summed E-state index contributed by atoms with van der Waals surface area (Å²) < 4.78 is 12.2. The summed E-state index contributed by atoms with van der Waals surface area (Å²) in [6.45, 7) is 1.70. The highest BCUT2D eigenvalue weighted by Crippen LogP contribution is 2.28. The lowest BCUT2D eigenvalue weighted by molar-refractivity contribution is 0.0932. The maximum atomic E-state index is 12.6. The minimum absolute atomic E-state index is 0.235. The van der Waals surface area contributed by atoms with E-state index in [2.05, 4.69) is 15.5 Å². The van der Waals surface area contributed by atoms with E-state index in [0.29, 0.717) is 23.2 Å². The molecule has 124 valence electrons. The van der Waals surface area contributed by atoms with Gasteiger partial charge >= 0.3 is 0 Å². The van der Waals surface area contributed by atoms with Gasteiger partial charge < -0.3 is 19.1 Å². The summed E-state index contributed by atoms with van der Waals surface area (Å²) >= 11 is 0. The Balaban J connectivity index is 2.00. The lowest BCUT2D eigenvalue weighted by atomic mass is 10.0. The minimum atomic E-state index is -0.582. The molecule has 1 aromatic carbocycles. The fourth-order valence-corrected chi connectivity index (χ4v) is 2.52. The molecule has 0 aliphatic rings. The number of hydrogen-bond donors (Lipinski definition) is 1. The summed E-state index contributed by atoms with van der Waals surface area (Å²) in [5, 5.41) is 6.92. The van der Waals surface area contributed by atoms with Gasteiger partial charge in [-0.15, -0.1) is 0 Å². The van der Waals surface area contributed by atoms with Crippen molar-refractivity contribution in [3.05, 3.63) is 65.6 Å². The molecule has 0 unspecified atom stereocenters. The third-order valence-electron chi connectivity index (χ3n) is 3.70. The zero-order valence-corrected chi connectivity index (χ0v) is 13.7. The van der Waals surface area contributed by atoms with Crippen LogP contribution in [0.1, 0.15) is 33.8 Å². The van der Waals surface area contributed by atoms with Crippen LogP contribution in [0.25, 0.3) is 0 Å². The van der Waals surface area contributed by atoms with Crippen molar-refractivity contribution >= 4 is 5.91 Å². The van der Waals surface area contributed by atoms with Gasteiger partial charge in [0.25, 0.3) is 5.91 Å². The lowest BCUT2D eigenvalue weighted by Gasteiger charge is -2.18. The van der Waals surface area contributed by atoms with E-state index in [-0.39, 0.29) is 5.91 Å². The molecule has 1 amide bonds. The molecule has 3 aromatic rings. The van der Waals surface area contributed by atoms with E-state index in [1.807, 2.05) is 43.6 Å². The van der Waals surface area contributed by atoms with Crippen molar-refractivity contribution in [2.45, 2.75) is 13.0 Å². The first-order valence-electron chi connectivity index (χ1n) is 7.45. The molecule has 0 saturated heterocycles. The molecule has 2 heterocycles. The molecule has 3 rings (SSSR count). The first-order chi connectivity index (χ1) is 11.6. The van der Waals surface area contributed by atoms with Gasteiger partial charge in [-0.3, -0.25) is 4.79 Å². The van der Waals surface area contributed by atoms with E-state index in [1.54, 1.807) is 24.7 Å². The van der Waals surface area contributed by atoms with Crippen LogP contribution in [0.2, 0.25) is 0 Å². The topological polar surface area (TPSA) is 82.2 Å². The highest BCUT2D eigenvalue weighted by Gasteiger charge is 2.26. The average Bonchev–Trinajstić information content (AvgIpc) is 3.21. The number of carbonyl (C=O) groups excluding carboxylic acids is 1. The Bertz CT molecular complexity index is 853. The summed E-state index contributed by atoms with van der Waals surface area (Å²) in [7, 11) is 3.39. The Morgan fingerprint density at radius 1 is 1.29 bits per heavy atom. The molecular weight excluding hydrogens is 308 g/mol. The highest BCUT2D eigenvalue weighted by molar-refractivity contribution is 5.93. The van der Waals surface area contributed by atoms with Crippen molar-refractivity contribution < 1.29 is 14.1 Å². The van der Waals surface area contributed by atoms with E-state index in [1.165, 1.54) is 0 Å². The molecule has 0 fully saturated rings. The predicted octanol–water partition coefficient (Wildman–Crippen LogP) is 2.24. The fraction of sp³-hybridized carbons (Fsp3) is 0.235. The van der Waals surface area contributed by atoms with E-state index in [4.69, 9.17) is 9.26 Å². The van der Waals surface area contributed by atoms with E-state index in [0.717, 1.165) is 5.56 Å². The molecule has 7 nitrogen and oxygen atoms in total. The van der Waals surface area contributed by atoms with Gasteiger partial charge in [0.2, 0.25) is 5.89 Å². The second-order valence-electron chi connectivity index (χ2n) is 5.32. The zero-order chi connectivity index (χ0) is 17.1. The molecule has 0 spiro atoms. The molecule has 0 radical (unpaired) electrons. The number of aromatic nitrogens is 3. The number of carbonyl (C=O) groups is 1. The van der Waals surface area contributed by atoms with Crippen molar-refractivity contribution in [1.82, 2.24) is 20.0 Å². The quantitative estimate of drug-likeness (QED) is 0.777. The van der Waals surface area contributed by atoms with Crippen molar-refractivity contribution in [2.24, 2.45) is 7.05 Å². The summed E-state index contributed by atoms with van der Waals surface area (Å²) in [5.74, 6) is 1.20. The first-order valence-corrected chi connectivity index (χ1v) is 7.45. The SMILES string of the molecule is COc1ccccc1[C@H](NC(=O)c1cccn1C)c1noc(C)n1. The van der Waals surface area contributed by atoms with Crippen LogP contribution < -0.4 is 10.1 Å². The standard InChI is InChI=1S/C17H18N4O3/c1-11-18-16(20-24-11)15(12-7-4-5-9-14(12)23-3)19-17(22)13-8-6-10-21(13)2/h4-10,15H,1-3H3,(H,19,22)/t15-/m0/s1. The fourth-order valence-electron chi connectivity index (χ4n) is 2.52. The molecule has 7 heteroatoms. The van der Waals surface area contributed by atoms with Crippen LogP contribution in [-0.4, -0.2) is 27.7 Å². The van der Waals surface area contributed by atoms with Gasteiger partial charge in [-0.05, 0) is 18.2 Å². The van der Waals surface area contributed by atoms with Crippen LogP contribution in [0.4, 0.5) is 0 Å². The van der Waals surface area contributed by atoms with Crippen LogP contribution in [0.3, 0.4) is 0 Å². The summed E-state index contributed by atoms with van der Waals surface area (Å²) in [5.41, 5.74) is 1.29. The smallest absolute Gasteiger partial charge is 0.268 e. The summed E-state index contributed by atoms with van der Waals surface area (Å²) in [4.78, 5) is 16.9. The molecule has 0 bridgehead atoms. The number of nitrogens with one attached hydrogen (secondary N) is 1. The number of methoxy groups -OCH3 is 1. The molecule has 0 aliphatic heterocycles. The summed E-state index contributed by atoms with van der Waals surface area (Å²) in [6.07, 6.45) is 1.81. The highest BCUT2D eigenvalue weighted by atomic mass is 16.5. The predicted molar refractivity (Wildman–Crippen MR) is 86.8 cm³/mol. The molecule has 0 saturated carbocycles. The number of ether oxygens (including phenoxy) is 1. The Morgan fingerprint density at radius 2 is 2.08 bits per heavy atom. The van der Waals surface area contributed by atoms with Gasteiger partial charge in [0.05, 0.1) is 7.11 Å². The molecule has 1 atom stereocenters. The van der Waals surface area contributed by atoms with Crippen molar-refractivity contribution in [1.29, 1.82) is 0 Å². The number of para-hydroxylation sites is 1. The number of nitrogens with zero attached hydrogens (tertiary/aromatic N) is 3. The van der Waals surface area contributed by atoms with Gasteiger partial charge in [-0.25, -0.2) is 0 Å². The molecule has 2 aromatic heterocycles. The van der Waals surface area contributed by atoms with E-state index in [9.17, 15) is 4.79 Å². The maximum Gasteiger partial charge on any atom is 0.268 e.